The van der Waals surface area contributed by atoms with E-state index in [0.717, 1.165) is 12.0 Å². The van der Waals surface area contributed by atoms with Crippen molar-refractivity contribution >= 4 is 17.4 Å². The third-order valence-electron chi connectivity index (χ3n) is 4.45. The lowest BCUT2D eigenvalue weighted by Gasteiger charge is -2.25. The van der Waals surface area contributed by atoms with E-state index < -0.39 is 11.2 Å². The van der Waals surface area contributed by atoms with Crippen LogP contribution in [0.2, 0.25) is 0 Å². The Balaban J connectivity index is 2.37. The lowest BCUT2D eigenvalue weighted by molar-refractivity contribution is -0.120. The first-order chi connectivity index (χ1) is 12.9. The Morgan fingerprint density at radius 2 is 1.93 bits per heavy atom. The van der Waals surface area contributed by atoms with Gasteiger partial charge in [-0.15, -0.1) is 0 Å². The number of amides is 1. The van der Waals surface area contributed by atoms with Crippen LogP contribution in [0, 0.1) is 0 Å². The lowest BCUT2D eigenvalue weighted by Crippen LogP contribution is -2.44. The van der Waals surface area contributed by atoms with Gasteiger partial charge in [-0.1, -0.05) is 37.3 Å². The van der Waals surface area contributed by atoms with Gasteiger partial charge in [-0.2, -0.15) is 0 Å². The maximum Gasteiger partial charge on any atom is 0.330 e. The number of nitrogen functional groups attached to an aromatic ring is 1. The summed E-state index contributed by atoms with van der Waals surface area (Å²) in [5.74, 6) is -0.156. The molecule has 2 aromatic rings. The molecular formula is C19H27N5O3. The zero-order valence-corrected chi connectivity index (χ0v) is 16.0. The monoisotopic (exact) mass is 373 g/mol. The fourth-order valence-electron chi connectivity index (χ4n) is 2.75. The minimum atomic E-state index is -0.597. The molecule has 1 aromatic carbocycles. The van der Waals surface area contributed by atoms with E-state index in [0.29, 0.717) is 6.54 Å². The molecule has 146 valence electrons. The second-order valence-corrected chi connectivity index (χ2v) is 6.46. The number of H-pyrrole nitrogens is 1. The molecule has 8 nitrogen and oxygen atoms in total. The van der Waals surface area contributed by atoms with Crippen molar-refractivity contribution in [1.29, 1.82) is 0 Å². The largest absolute Gasteiger partial charge is 0.383 e. The van der Waals surface area contributed by atoms with Crippen molar-refractivity contribution in [3.63, 3.8) is 0 Å². The molecule has 0 fully saturated rings. The first-order valence-corrected chi connectivity index (χ1v) is 9.08. The van der Waals surface area contributed by atoms with E-state index in [1.807, 2.05) is 51.1 Å². The van der Waals surface area contributed by atoms with Crippen molar-refractivity contribution in [2.75, 3.05) is 23.7 Å². The van der Waals surface area contributed by atoms with Gasteiger partial charge in [-0.05, 0) is 25.8 Å². The number of hydrogen-bond acceptors (Lipinski definition) is 5. The van der Waals surface area contributed by atoms with Crippen LogP contribution in [0.4, 0.5) is 11.5 Å². The van der Waals surface area contributed by atoms with Gasteiger partial charge in [0.1, 0.15) is 11.5 Å². The van der Waals surface area contributed by atoms with Crippen LogP contribution in [0.3, 0.4) is 0 Å². The number of carbonyl (C=O) groups excluding carboxylic acids is 1. The number of aromatic nitrogens is 2. The van der Waals surface area contributed by atoms with Gasteiger partial charge in [0.25, 0.3) is 5.56 Å². The summed E-state index contributed by atoms with van der Waals surface area (Å²) in [5, 5.41) is 2.87. The molecule has 0 aliphatic heterocycles. The average molecular weight is 373 g/mol. The zero-order valence-electron chi connectivity index (χ0n) is 16.0. The van der Waals surface area contributed by atoms with Gasteiger partial charge < -0.3 is 16.0 Å². The summed E-state index contributed by atoms with van der Waals surface area (Å²) in [6.07, 6.45) is 0.808. The van der Waals surface area contributed by atoms with Crippen LogP contribution >= 0.6 is 0 Å². The Bertz CT molecular complexity index is 888. The number of rotatable bonds is 8. The first kappa shape index (κ1) is 20.3. The summed E-state index contributed by atoms with van der Waals surface area (Å²) >= 11 is 0. The summed E-state index contributed by atoms with van der Waals surface area (Å²) in [6.45, 7) is 6.32. The first-order valence-electron chi connectivity index (χ1n) is 9.08. The number of nitrogens with two attached hydrogens (primary N) is 1. The summed E-state index contributed by atoms with van der Waals surface area (Å²) in [5.41, 5.74) is 6.01. The Morgan fingerprint density at radius 3 is 2.52 bits per heavy atom. The van der Waals surface area contributed by atoms with Crippen molar-refractivity contribution in [1.82, 2.24) is 14.9 Å². The van der Waals surface area contributed by atoms with E-state index in [1.165, 1.54) is 4.57 Å². The third kappa shape index (κ3) is 4.99. The Morgan fingerprint density at radius 1 is 1.26 bits per heavy atom. The molecule has 0 saturated heterocycles. The molecule has 27 heavy (non-hydrogen) atoms. The van der Waals surface area contributed by atoms with Gasteiger partial charge in [-0.25, -0.2) is 4.79 Å². The average Bonchev–Trinajstić information content (AvgIpc) is 2.64. The van der Waals surface area contributed by atoms with Gasteiger partial charge in [0.2, 0.25) is 5.91 Å². The number of nitrogens with zero attached hydrogens (tertiary/aromatic N) is 2. The maximum absolute atomic E-state index is 12.4. The smallest absolute Gasteiger partial charge is 0.330 e. The SMILES string of the molecule is CC[C@H](C)NC(=O)CN(CC)c1c(N)n(Cc2ccccc2)c(=O)[nH]c1=O. The molecule has 0 bridgehead atoms. The van der Waals surface area contributed by atoms with Crippen molar-refractivity contribution in [3.8, 4) is 0 Å². The van der Waals surface area contributed by atoms with Crippen LogP contribution in [0.15, 0.2) is 39.9 Å². The molecule has 1 amide bonds. The van der Waals surface area contributed by atoms with E-state index in [4.69, 9.17) is 5.73 Å². The molecule has 0 radical (unpaired) electrons. The minimum Gasteiger partial charge on any atom is -0.383 e. The fourth-order valence-corrected chi connectivity index (χ4v) is 2.75. The van der Waals surface area contributed by atoms with Gasteiger partial charge in [0, 0.05) is 12.6 Å². The van der Waals surface area contributed by atoms with Gasteiger partial charge in [-0.3, -0.25) is 19.1 Å². The number of benzene rings is 1. The van der Waals surface area contributed by atoms with Gasteiger partial charge in [0.05, 0.1) is 13.1 Å². The van der Waals surface area contributed by atoms with E-state index >= 15 is 0 Å². The molecule has 0 aliphatic carbocycles. The zero-order chi connectivity index (χ0) is 20.0. The summed E-state index contributed by atoms with van der Waals surface area (Å²) in [4.78, 5) is 40.8. The van der Waals surface area contributed by atoms with Crippen molar-refractivity contribution in [2.45, 2.75) is 39.8 Å². The summed E-state index contributed by atoms with van der Waals surface area (Å²) in [6, 6.07) is 9.38. The molecular weight excluding hydrogens is 346 g/mol. The van der Waals surface area contributed by atoms with Gasteiger partial charge in [0.15, 0.2) is 0 Å². The van der Waals surface area contributed by atoms with Crippen LogP contribution in [0.5, 0.6) is 0 Å². The Labute approximate surface area is 158 Å². The van der Waals surface area contributed by atoms with Gasteiger partial charge >= 0.3 is 5.69 Å². The maximum atomic E-state index is 12.4. The highest BCUT2D eigenvalue weighted by Gasteiger charge is 2.20. The van der Waals surface area contributed by atoms with E-state index in [1.54, 1.807) is 4.90 Å². The minimum absolute atomic E-state index is 0.0162. The quantitative estimate of drug-likeness (QED) is 0.636. The molecule has 0 aliphatic rings. The third-order valence-corrected chi connectivity index (χ3v) is 4.45. The molecule has 0 unspecified atom stereocenters. The van der Waals surface area contributed by atoms with Crippen molar-refractivity contribution in [2.24, 2.45) is 0 Å². The van der Waals surface area contributed by atoms with Crippen LogP contribution in [0.1, 0.15) is 32.8 Å². The topological polar surface area (TPSA) is 113 Å². The second kappa shape index (κ2) is 9.07. The molecule has 8 heteroatoms. The number of carbonyl (C=O) groups is 1. The molecule has 0 saturated carbocycles. The number of likely N-dealkylation sites (N-methyl/N-ethyl adjacent to an activating group) is 1. The van der Waals surface area contributed by atoms with E-state index in [2.05, 4.69) is 10.3 Å². The summed E-state index contributed by atoms with van der Waals surface area (Å²) in [7, 11) is 0. The number of hydrogen-bond donors (Lipinski definition) is 3. The highest BCUT2D eigenvalue weighted by molar-refractivity contribution is 5.82. The highest BCUT2D eigenvalue weighted by atomic mass is 16.2. The van der Waals surface area contributed by atoms with Crippen LogP contribution in [0.25, 0.3) is 0 Å². The Kier molecular flexibility index (Phi) is 6.81. The van der Waals surface area contributed by atoms with Crippen LogP contribution in [-0.2, 0) is 11.3 Å². The molecule has 1 aromatic heterocycles. The van der Waals surface area contributed by atoms with Crippen molar-refractivity contribution < 1.29 is 4.79 Å². The Hall–Kier alpha value is -3.03. The number of anilines is 2. The van der Waals surface area contributed by atoms with E-state index in [9.17, 15) is 14.4 Å². The fraction of sp³-hybridized carbons (Fsp3) is 0.421. The molecule has 0 spiro atoms. The second-order valence-electron chi connectivity index (χ2n) is 6.46. The highest BCUT2D eigenvalue weighted by Crippen LogP contribution is 2.17. The number of aromatic amines is 1. The predicted octanol–water partition coefficient (Wildman–Crippen LogP) is 0.908. The van der Waals surface area contributed by atoms with Crippen LogP contribution in [-0.4, -0.2) is 34.6 Å². The number of nitrogens with one attached hydrogen (secondary N) is 2. The molecule has 2 rings (SSSR count). The normalized spacial score (nSPS) is 11.8. The molecule has 1 atom stereocenters. The standard InChI is InChI=1S/C19H27N5O3/c1-4-13(3)21-15(25)12-23(5-2)16-17(20)24(19(27)22-18(16)26)11-14-9-7-6-8-10-14/h6-10,13H,4-5,11-12,20H2,1-3H3,(H,21,25)(H,22,26,27)/t13-/m0/s1. The summed E-state index contributed by atoms with van der Waals surface area (Å²) < 4.78 is 1.31. The van der Waals surface area contributed by atoms with Crippen molar-refractivity contribution in [3.05, 3.63) is 56.7 Å². The van der Waals surface area contributed by atoms with Crippen LogP contribution < -0.4 is 27.2 Å². The molecule has 4 N–H and O–H groups in total. The predicted molar refractivity (Wildman–Crippen MR) is 107 cm³/mol. The van der Waals surface area contributed by atoms with E-state index in [-0.39, 0.29) is 36.5 Å². The molecule has 1 heterocycles. The lowest BCUT2D eigenvalue weighted by atomic mass is 10.2.